The number of nitrogens with one attached hydrogen (secondary N) is 1. The highest BCUT2D eigenvalue weighted by atomic mass is 19.4. The molecule has 1 aromatic heterocycles. The monoisotopic (exact) mass is 263 g/mol. The molecule has 0 saturated carbocycles. The Labute approximate surface area is 103 Å². The van der Waals surface area contributed by atoms with E-state index in [1.54, 1.807) is 10.9 Å². The smallest absolute Gasteiger partial charge is 0.354 e. The summed E-state index contributed by atoms with van der Waals surface area (Å²) in [5.41, 5.74) is 0.991. The molecule has 1 rings (SSSR count). The van der Waals surface area contributed by atoms with E-state index in [-0.39, 0.29) is 12.6 Å². The maximum atomic E-state index is 11.9. The minimum absolute atomic E-state index is 0.0893. The molecule has 1 N–H and O–H groups in total. The summed E-state index contributed by atoms with van der Waals surface area (Å²) in [5.74, 6) is -0.594. The number of nitrogens with zero attached hydrogens (tertiary/aromatic N) is 2. The van der Waals surface area contributed by atoms with Gasteiger partial charge in [-0.1, -0.05) is 0 Å². The van der Waals surface area contributed by atoms with E-state index in [0.717, 1.165) is 5.56 Å². The van der Waals surface area contributed by atoms with Crippen LogP contribution in [0.25, 0.3) is 0 Å². The van der Waals surface area contributed by atoms with Gasteiger partial charge in [0.1, 0.15) is 0 Å². The summed E-state index contributed by atoms with van der Waals surface area (Å²) in [4.78, 5) is 11.2. The molecule has 0 aliphatic rings. The molecule has 0 aliphatic carbocycles. The molecule has 0 bridgehead atoms. The highest BCUT2D eigenvalue weighted by molar-refractivity contribution is 5.75. The second kappa shape index (κ2) is 5.88. The number of aromatic nitrogens is 2. The van der Waals surface area contributed by atoms with Crippen molar-refractivity contribution >= 4 is 5.91 Å². The normalized spacial score (nSPS) is 13.4. The summed E-state index contributed by atoms with van der Waals surface area (Å²) in [5, 5.41) is 6.53. The molecule has 1 atom stereocenters. The van der Waals surface area contributed by atoms with Crippen molar-refractivity contribution in [1.29, 1.82) is 0 Å². The lowest BCUT2D eigenvalue weighted by Gasteiger charge is -2.13. The first-order chi connectivity index (χ1) is 8.28. The molecule has 0 spiro atoms. The van der Waals surface area contributed by atoms with Gasteiger partial charge in [-0.2, -0.15) is 18.3 Å². The lowest BCUT2D eigenvalue weighted by molar-refractivity contribution is -0.144. The number of alkyl halides is 3. The topological polar surface area (TPSA) is 46.9 Å². The van der Waals surface area contributed by atoms with E-state index in [4.69, 9.17) is 0 Å². The molecule has 0 aliphatic heterocycles. The van der Waals surface area contributed by atoms with Crippen LogP contribution in [0.3, 0.4) is 0 Å². The Kier molecular flexibility index (Phi) is 4.75. The number of carbonyl (C=O) groups excluding carboxylic acids is 1. The van der Waals surface area contributed by atoms with E-state index in [1.807, 2.05) is 20.0 Å². The van der Waals surface area contributed by atoms with Crippen LogP contribution in [-0.4, -0.2) is 28.4 Å². The van der Waals surface area contributed by atoms with Gasteiger partial charge >= 0.3 is 6.18 Å². The van der Waals surface area contributed by atoms with Crippen LogP contribution in [0.2, 0.25) is 0 Å². The highest BCUT2D eigenvalue weighted by Crippen LogP contribution is 2.21. The molecule has 102 valence electrons. The van der Waals surface area contributed by atoms with Crippen molar-refractivity contribution in [2.24, 2.45) is 0 Å². The van der Waals surface area contributed by atoms with Gasteiger partial charge in [0.15, 0.2) is 0 Å². The summed E-state index contributed by atoms with van der Waals surface area (Å²) in [7, 11) is 0. The van der Waals surface area contributed by atoms with Gasteiger partial charge in [0.25, 0.3) is 0 Å². The largest absolute Gasteiger partial charge is 0.389 e. The Bertz CT molecular complexity index is 400. The Morgan fingerprint density at radius 3 is 2.72 bits per heavy atom. The molecule has 0 radical (unpaired) electrons. The highest BCUT2D eigenvalue weighted by Gasteiger charge is 2.27. The Morgan fingerprint density at radius 1 is 1.56 bits per heavy atom. The van der Waals surface area contributed by atoms with Crippen LogP contribution in [0.4, 0.5) is 13.2 Å². The number of halogens is 3. The van der Waals surface area contributed by atoms with Gasteiger partial charge in [-0.3, -0.25) is 9.48 Å². The molecule has 18 heavy (non-hydrogen) atoms. The number of rotatable bonds is 5. The lowest BCUT2D eigenvalue weighted by Crippen LogP contribution is -2.30. The molecular weight excluding hydrogens is 247 g/mol. The maximum absolute atomic E-state index is 11.9. The quantitative estimate of drug-likeness (QED) is 0.885. The van der Waals surface area contributed by atoms with Crippen molar-refractivity contribution in [2.75, 3.05) is 6.54 Å². The van der Waals surface area contributed by atoms with Crippen molar-refractivity contribution in [3.05, 3.63) is 18.0 Å². The third-order valence-electron chi connectivity index (χ3n) is 2.41. The number of hydrogen-bond acceptors (Lipinski definition) is 2. The van der Waals surface area contributed by atoms with Crippen molar-refractivity contribution in [2.45, 2.75) is 38.9 Å². The van der Waals surface area contributed by atoms with E-state index in [1.165, 1.54) is 0 Å². The van der Waals surface area contributed by atoms with Gasteiger partial charge in [0, 0.05) is 19.2 Å². The second-order valence-electron chi connectivity index (χ2n) is 4.27. The summed E-state index contributed by atoms with van der Waals surface area (Å²) in [6, 6.07) is -0.0893. The van der Waals surface area contributed by atoms with Gasteiger partial charge in [-0.25, -0.2) is 0 Å². The van der Waals surface area contributed by atoms with Gasteiger partial charge in [-0.15, -0.1) is 0 Å². The number of amides is 1. The van der Waals surface area contributed by atoms with Crippen molar-refractivity contribution in [1.82, 2.24) is 15.1 Å². The zero-order valence-corrected chi connectivity index (χ0v) is 10.3. The SMILES string of the molecule is Cc1cnn([C@@H](C)CNC(=O)CCC(F)(F)F)c1. The fraction of sp³-hybridized carbons (Fsp3) is 0.636. The lowest BCUT2D eigenvalue weighted by atomic mass is 10.2. The molecule has 0 saturated heterocycles. The van der Waals surface area contributed by atoms with Gasteiger partial charge < -0.3 is 5.32 Å². The van der Waals surface area contributed by atoms with E-state index < -0.39 is 24.9 Å². The molecule has 0 unspecified atom stereocenters. The molecule has 4 nitrogen and oxygen atoms in total. The average Bonchev–Trinajstić information content (AvgIpc) is 2.69. The van der Waals surface area contributed by atoms with E-state index >= 15 is 0 Å². The summed E-state index contributed by atoms with van der Waals surface area (Å²) >= 11 is 0. The van der Waals surface area contributed by atoms with Gasteiger partial charge in [-0.05, 0) is 19.4 Å². The van der Waals surface area contributed by atoms with Crippen molar-refractivity contribution < 1.29 is 18.0 Å². The first-order valence-corrected chi connectivity index (χ1v) is 5.62. The molecule has 0 aromatic carbocycles. The fourth-order valence-corrected chi connectivity index (χ4v) is 1.37. The third kappa shape index (κ3) is 5.20. The van der Waals surface area contributed by atoms with Crippen LogP contribution in [0, 0.1) is 6.92 Å². The standard InChI is InChI=1S/C11H16F3N3O/c1-8-5-16-17(7-8)9(2)6-15-10(18)3-4-11(12,13)14/h5,7,9H,3-4,6H2,1-2H3,(H,15,18)/t9-/m0/s1. The molecule has 7 heteroatoms. The minimum atomic E-state index is -4.29. The van der Waals surface area contributed by atoms with E-state index in [9.17, 15) is 18.0 Å². The summed E-state index contributed by atoms with van der Waals surface area (Å²) in [6.07, 6.45) is -2.42. The molecule has 0 fully saturated rings. The number of aryl methyl sites for hydroxylation is 1. The summed E-state index contributed by atoms with van der Waals surface area (Å²) in [6.45, 7) is 3.98. The van der Waals surface area contributed by atoms with E-state index in [0.29, 0.717) is 0 Å². The fourth-order valence-electron chi connectivity index (χ4n) is 1.37. The zero-order chi connectivity index (χ0) is 13.8. The van der Waals surface area contributed by atoms with Crippen LogP contribution < -0.4 is 5.32 Å². The maximum Gasteiger partial charge on any atom is 0.389 e. The van der Waals surface area contributed by atoms with Crippen LogP contribution in [0.15, 0.2) is 12.4 Å². The van der Waals surface area contributed by atoms with Crippen LogP contribution >= 0.6 is 0 Å². The first-order valence-electron chi connectivity index (χ1n) is 5.62. The first kappa shape index (κ1) is 14.5. The Morgan fingerprint density at radius 2 is 2.22 bits per heavy atom. The molecule has 1 aromatic rings. The van der Waals surface area contributed by atoms with Crippen LogP contribution in [-0.2, 0) is 4.79 Å². The summed E-state index contributed by atoms with van der Waals surface area (Å²) < 4.78 is 37.3. The van der Waals surface area contributed by atoms with E-state index in [2.05, 4.69) is 10.4 Å². The van der Waals surface area contributed by atoms with Gasteiger partial charge in [0.2, 0.25) is 5.91 Å². The average molecular weight is 263 g/mol. The zero-order valence-electron chi connectivity index (χ0n) is 10.3. The van der Waals surface area contributed by atoms with Gasteiger partial charge in [0.05, 0.1) is 18.7 Å². The predicted molar refractivity (Wildman–Crippen MR) is 60.0 cm³/mol. The minimum Gasteiger partial charge on any atom is -0.354 e. The molecule has 1 amide bonds. The molecule has 1 heterocycles. The third-order valence-corrected chi connectivity index (χ3v) is 2.41. The number of carbonyl (C=O) groups is 1. The van der Waals surface area contributed by atoms with Crippen LogP contribution in [0.5, 0.6) is 0 Å². The number of hydrogen-bond donors (Lipinski definition) is 1. The second-order valence-corrected chi connectivity index (χ2v) is 4.27. The van der Waals surface area contributed by atoms with Crippen LogP contribution in [0.1, 0.15) is 31.4 Å². The molecular formula is C11H16F3N3O. The van der Waals surface area contributed by atoms with Crippen molar-refractivity contribution in [3.63, 3.8) is 0 Å². The predicted octanol–water partition coefficient (Wildman–Crippen LogP) is 2.21. The Hall–Kier alpha value is -1.53. The van der Waals surface area contributed by atoms with Crippen molar-refractivity contribution in [3.8, 4) is 0 Å². The Balaban J connectivity index is 2.30.